The molecule has 3 rings (SSSR count). The average Bonchev–Trinajstić information content (AvgIpc) is 2.53. The molecule has 2 aliphatic rings. The van der Waals surface area contributed by atoms with Gasteiger partial charge in [0.25, 0.3) is 0 Å². The van der Waals surface area contributed by atoms with Gasteiger partial charge in [0.2, 0.25) is 0 Å². The third kappa shape index (κ3) is 3.94. The van der Waals surface area contributed by atoms with Crippen molar-refractivity contribution >= 4 is 0 Å². The number of phenols is 1. The van der Waals surface area contributed by atoms with Crippen molar-refractivity contribution in [3.05, 3.63) is 34.9 Å². The lowest BCUT2D eigenvalue weighted by molar-refractivity contribution is 0.00751. The maximum absolute atomic E-state index is 10.9. The molecule has 2 nitrogen and oxygen atoms in total. The Bertz CT molecular complexity index is 671. The molecule has 26 heavy (non-hydrogen) atoms. The summed E-state index contributed by atoms with van der Waals surface area (Å²) < 4.78 is 6.44. The van der Waals surface area contributed by atoms with E-state index >= 15 is 0 Å². The monoisotopic (exact) mass is 356 g/mol. The van der Waals surface area contributed by atoms with Crippen molar-refractivity contribution in [1.29, 1.82) is 0 Å². The van der Waals surface area contributed by atoms with Crippen molar-refractivity contribution in [2.24, 2.45) is 11.8 Å². The Balaban J connectivity index is 1.85. The van der Waals surface area contributed by atoms with Crippen LogP contribution < -0.4 is 4.74 Å². The topological polar surface area (TPSA) is 29.5 Å². The summed E-state index contributed by atoms with van der Waals surface area (Å²) in [6.07, 6.45) is 10.6. The molecule has 1 aromatic rings. The number of benzene rings is 1. The molecule has 0 saturated heterocycles. The van der Waals surface area contributed by atoms with Gasteiger partial charge in [0, 0.05) is 17.4 Å². The zero-order valence-electron chi connectivity index (χ0n) is 17.3. The van der Waals surface area contributed by atoms with Crippen molar-refractivity contribution < 1.29 is 9.84 Å². The molecule has 1 aliphatic carbocycles. The van der Waals surface area contributed by atoms with E-state index in [-0.39, 0.29) is 5.60 Å². The largest absolute Gasteiger partial charge is 0.508 e. The number of phenolic OH excluding ortho intramolecular Hbond substituents is 1. The highest BCUT2D eigenvalue weighted by Crippen LogP contribution is 2.54. The van der Waals surface area contributed by atoms with Crippen molar-refractivity contribution in [3.63, 3.8) is 0 Å². The van der Waals surface area contributed by atoms with Crippen LogP contribution in [0.1, 0.15) is 90.2 Å². The van der Waals surface area contributed by atoms with Crippen LogP contribution in [-0.4, -0.2) is 10.7 Å². The fourth-order valence-electron chi connectivity index (χ4n) is 4.99. The molecule has 0 spiro atoms. The van der Waals surface area contributed by atoms with E-state index in [0.29, 0.717) is 23.5 Å². The molecule has 1 aromatic carbocycles. The second-order valence-corrected chi connectivity index (χ2v) is 9.24. The Morgan fingerprint density at radius 2 is 2.04 bits per heavy atom. The minimum atomic E-state index is -0.188. The smallest absolute Gasteiger partial charge is 0.127 e. The van der Waals surface area contributed by atoms with E-state index in [9.17, 15) is 5.11 Å². The lowest BCUT2D eigenvalue weighted by Gasteiger charge is -2.47. The highest BCUT2D eigenvalue weighted by Gasteiger charge is 2.45. The molecule has 0 saturated carbocycles. The van der Waals surface area contributed by atoms with Crippen LogP contribution in [0.5, 0.6) is 11.5 Å². The summed E-state index contributed by atoms with van der Waals surface area (Å²) in [5.41, 5.74) is 3.50. The van der Waals surface area contributed by atoms with E-state index in [1.54, 1.807) is 0 Å². The van der Waals surface area contributed by atoms with Crippen LogP contribution in [0.15, 0.2) is 23.8 Å². The molecule has 1 N–H and O–H groups in total. The number of ether oxygens (including phenoxy) is 1. The summed E-state index contributed by atoms with van der Waals surface area (Å²) in [6, 6.07) is 4.21. The van der Waals surface area contributed by atoms with Gasteiger partial charge in [0.15, 0.2) is 0 Å². The Labute approximate surface area is 159 Å². The molecule has 0 fully saturated rings. The number of fused-ring (bicyclic) bond motifs is 3. The molecule has 0 unspecified atom stereocenters. The van der Waals surface area contributed by atoms with Crippen molar-refractivity contribution in [2.75, 3.05) is 0 Å². The van der Waals surface area contributed by atoms with Gasteiger partial charge < -0.3 is 9.84 Å². The summed E-state index contributed by atoms with van der Waals surface area (Å²) >= 11 is 0. The minimum Gasteiger partial charge on any atom is -0.508 e. The third-order valence-corrected chi connectivity index (χ3v) is 6.45. The van der Waals surface area contributed by atoms with Gasteiger partial charge in [0.1, 0.15) is 17.1 Å². The molecule has 1 heterocycles. The van der Waals surface area contributed by atoms with Gasteiger partial charge in [-0.3, -0.25) is 0 Å². The van der Waals surface area contributed by atoms with E-state index in [4.69, 9.17) is 4.74 Å². The number of rotatable bonds is 6. The van der Waals surface area contributed by atoms with E-state index in [1.807, 2.05) is 6.07 Å². The molecule has 0 aromatic heterocycles. The van der Waals surface area contributed by atoms with Gasteiger partial charge in [-0.25, -0.2) is 0 Å². The first-order valence-electron chi connectivity index (χ1n) is 10.5. The van der Waals surface area contributed by atoms with Gasteiger partial charge in [-0.1, -0.05) is 51.2 Å². The number of aromatic hydroxyl groups is 1. The third-order valence-electron chi connectivity index (χ3n) is 6.45. The first kappa shape index (κ1) is 19.3. The standard InChI is InChI=1S/C24H36O2/c1-6-7-8-9-16(2)12-18-14-21(25)23-19-13-17(3)10-11-20(19)24(4,5)26-22(23)15-18/h10,14-16,19-20,25H,6-9,11-13H2,1-5H3/t16-,19-,20-/m1/s1. The Morgan fingerprint density at radius 3 is 2.77 bits per heavy atom. The fraction of sp³-hybridized carbons (Fsp3) is 0.667. The SMILES string of the molecule is CCCCC[C@@H](C)Cc1cc(O)c2c(c1)OC(C)(C)[C@@H]1CC=C(C)C[C@@H]21. The number of hydrogen-bond donors (Lipinski definition) is 1. The summed E-state index contributed by atoms with van der Waals surface area (Å²) in [5.74, 6) is 2.81. The van der Waals surface area contributed by atoms with Crippen molar-refractivity contribution in [3.8, 4) is 11.5 Å². The molecule has 144 valence electrons. The van der Waals surface area contributed by atoms with Crippen LogP contribution in [0.2, 0.25) is 0 Å². The van der Waals surface area contributed by atoms with Crippen LogP contribution in [0.3, 0.4) is 0 Å². The van der Waals surface area contributed by atoms with Crippen LogP contribution in [-0.2, 0) is 6.42 Å². The second kappa shape index (κ2) is 7.66. The summed E-state index contributed by atoms with van der Waals surface area (Å²) in [5, 5.41) is 10.9. The molecule has 2 heteroatoms. The molecule has 0 amide bonds. The lowest BCUT2D eigenvalue weighted by atomic mass is 9.67. The zero-order valence-corrected chi connectivity index (χ0v) is 17.3. The molecule has 0 radical (unpaired) electrons. The highest BCUT2D eigenvalue weighted by molar-refractivity contribution is 5.52. The first-order valence-corrected chi connectivity index (χ1v) is 10.5. The van der Waals surface area contributed by atoms with Gasteiger partial charge >= 0.3 is 0 Å². The summed E-state index contributed by atoms with van der Waals surface area (Å²) in [7, 11) is 0. The number of hydrogen-bond acceptors (Lipinski definition) is 2. The van der Waals surface area contributed by atoms with E-state index in [0.717, 1.165) is 30.6 Å². The zero-order chi connectivity index (χ0) is 18.9. The van der Waals surface area contributed by atoms with Crippen LogP contribution in [0, 0.1) is 11.8 Å². The number of unbranched alkanes of at least 4 members (excludes halogenated alkanes) is 2. The van der Waals surface area contributed by atoms with Crippen LogP contribution in [0.25, 0.3) is 0 Å². The first-order chi connectivity index (χ1) is 12.3. The van der Waals surface area contributed by atoms with E-state index in [1.165, 1.54) is 36.8 Å². The molecule has 0 bridgehead atoms. The van der Waals surface area contributed by atoms with Gasteiger partial charge in [0.05, 0.1) is 0 Å². The number of allylic oxidation sites excluding steroid dienone is 2. The lowest BCUT2D eigenvalue weighted by Crippen LogP contribution is -2.45. The predicted octanol–water partition coefficient (Wildman–Crippen LogP) is 6.76. The van der Waals surface area contributed by atoms with Crippen molar-refractivity contribution in [2.45, 2.75) is 91.1 Å². The maximum Gasteiger partial charge on any atom is 0.127 e. The molecule has 1 aliphatic heterocycles. The maximum atomic E-state index is 10.9. The normalized spacial score (nSPS) is 24.9. The average molecular weight is 357 g/mol. The fourth-order valence-corrected chi connectivity index (χ4v) is 4.99. The Kier molecular flexibility index (Phi) is 5.69. The van der Waals surface area contributed by atoms with Crippen LogP contribution in [0.4, 0.5) is 0 Å². The van der Waals surface area contributed by atoms with Gasteiger partial charge in [-0.15, -0.1) is 0 Å². The molecule has 3 atom stereocenters. The van der Waals surface area contributed by atoms with E-state index in [2.05, 4.69) is 46.8 Å². The highest BCUT2D eigenvalue weighted by atomic mass is 16.5. The Morgan fingerprint density at radius 1 is 1.27 bits per heavy atom. The minimum absolute atomic E-state index is 0.188. The van der Waals surface area contributed by atoms with Crippen molar-refractivity contribution in [1.82, 2.24) is 0 Å². The predicted molar refractivity (Wildman–Crippen MR) is 109 cm³/mol. The van der Waals surface area contributed by atoms with Crippen LogP contribution >= 0.6 is 0 Å². The summed E-state index contributed by atoms with van der Waals surface area (Å²) in [4.78, 5) is 0. The second-order valence-electron chi connectivity index (χ2n) is 9.24. The molecular formula is C24H36O2. The summed E-state index contributed by atoms with van der Waals surface area (Å²) in [6.45, 7) is 11.2. The van der Waals surface area contributed by atoms with E-state index < -0.39 is 0 Å². The van der Waals surface area contributed by atoms with Gasteiger partial charge in [-0.2, -0.15) is 0 Å². The quantitative estimate of drug-likeness (QED) is 0.450. The molecular weight excluding hydrogens is 320 g/mol. The Hall–Kier alpha value is -1.44. The van der Waals surface area contributed by atoms with Gasteiger partial charge in [-0.05, 0) is 63.6 Å².